The number of hydrogen-bond donors (Lipinski definition) is 2. The van der Waals surface area contributed by atoms with Crippen molar-refractivity contribution in [1.29, 1.82) is 0 Å². The lowest BCUT2D eigenvalue weighted by atomic mass is 9.53. The molecule has 4 aliphatic carbocycles. The quantitative estimate of drug-likeness (QED) is 0.800. The van der Waals surface area contributed by atoms with Gasteiger partial charge in [0.05, 0.1) is 11.4 Å². The van der Waals surface area contributed by atoms with Gasteiger partial charge in [-0.1, -0.05) is 12.1 Å². The molecule has 0 atom stereocenters. The molecule has 1 aromatic carbocycles. The van der Waals surface area contributed by atoms with Crippen molar-refractivity contribution in [3.63, 3.8) is 0 Å². The van der Waals surface area contributed by atoms with Crippen LogP contribution >= 0.6 is 0 Å². The van der Waals surface area contributed by atoms with Gasteiger partial charge in [-0.15, -0.1) is 10.2 Å². The lowest BCUT2D eigenvalue weighted by molar-refractivity contribution is 0.0107. The monoisotopic (exact) mass is 391 g/mol. The van der Waals surface area contributed by atoms with Gasteiger partial charge >= 0.3 is 0 Å². The second-order valence-corrected chi connectivity index (χ2v) is 9.49. The summed E-state index contributed by atoms with van der Waals surface area (Å²) < 4.78 is 0. The van der Waals surface area contributed by atoms with Gasteiger partial charge in [0, 0.05) is 19.6 Å². The Bertz CT molecular complexity index is 872. The van der Waals surface area contributed by atoms with Gasteiger partial charge in [-0.25, -0.2) is 0 Å². The van der Waals surface area contributed by atoms with Gasteiger partial charge in [0.25, 0.3) is 5.91 Å². The van der Waals surface area contributed by atoms with Crippen molar-refractivity contribution in [2.24, 2.45) is 17.8 Å². The van der Waals surface area contributed by atoms with Crippen LogP contribution in [0.4, 0.5) is 17.2 Å². The molecule has 2 N–H and O–H groups in total. The lowest BCUT2D eigenvalue weighted by Gasteiger charge is -2.57. The van der Waals surface area contributed by atoms with Crippen LogP contribution in [-0.4, -0.2) is 35.7 Å². The largest absolute Gasteiger partial charge is 0.378 e. The van der Waals surface area contributed by atoms with Gasteiger partial charge < -0.3 is 15.5 Å². The Morgan fingerprint density at radius 2 is 1.55 bits per heavy atom. The van der Waals surface area contributed by atoms with E-state index in [0.29, 0.717) is 5.69 Å². The highest BCUT2D eigenvalue weighted by Gasteiger charge is 2.51. The summed E-state index contributed by atoms with van der Waals surface area (Å²) in [6, 6.07) is 11.6. The highest BCUT2D eigenvalue weighted by atomic mass is 16.1. The fourth-order valence-electron chi connectivity index (χ4n) is 6.12. The van der Waals surface area contributed by atoms with Crippen LogP contribution in [0.2, 0.25) is 0 Å². The van der Waals surface area contributed by atoms with Crippen molar-refractivity contribution < 1.29 is 4.79 Å². The average Bonchev–Trinajstić information content (AvgIpc) is 2.68. The van der Waals surface area contributed by atoms with Crippen LogP contribution in [0.1, 0.15) is 49.0 Å². The number of anilines is 3. The third-order valence-corrected chi connectivity index (χ3v) is 6.95. The molecule has 4 bridgehead atoms. The maximum Gasteiger partial charge on any atom is 0.276 e. The molecule has 0 aliphatic heterocycles. The number of benzene rings is 1. The first-order valence-corrected chi connectivity index (χ1v) is 10.7. The molecule has 1 heterocycles. The van der Waals surface area contributed by atoms with Crippen LogP contribution in [0.5, 0.6) is 0 Å². The molecule has 0 unspecified atom stereocenters. The molecule has 4 saturated carbocycles. The molecule has 6 heteroatoms. The molecular formula is C23H29N5O. The summed E-state index contributed by atoms with van der Waals surface area (Å²) >= 11 is 0. The fraction of sp³-hybridized carbons (Fsp3) is 0.522. The molecule has 4 fully saturated rings. The van der Waals surface area contributed by atoms with Gasteiger partial charge in [0.2, 0.25) is 0 Å². The van der Waals surface area contributed by atoms with Gasteiger partial charge in [0.15, 0.2) is 11.5 Å². The number of amides is 1. The SMILES string of the molecule is CN(C)c1ccc(C(=O)Nc2ccccc2NC23CC4CC(CC(C4)C2)C3)nn1. The third kappa shape index (κ3) is 3.56. The normalized spacial score (nSPS) is 29.5. The van der Waals surface area contributed by atoms with E-state index in [1.54, 1.807) is 6.07 Å². The van der Waals surface area contributed by atoms with E-state index in [1.165, 1.54) is 38.5 Å². The van der Waals surface area contributed by atoms with E-state index in [0.717, 1.165) is 34.9 Å². The first-order chi connectivity index (χ1) is 14.0. The number of aromatic nitrogens is 2. The Morgan fingerprint density at radius 3 is 2.10 bits per heavy atom. The standard InChI is InChI=1S/C23H29N5O/c1-28(2)21-8-7-20(26-27-21)22(29)24-18-5-3-4-6-19(18)25-23-12-15-9-16(13-23)11-17(10-15)14-23/h3-8,15-17,25H,9-14H2,1-2H3,(H,24,29). The maximum atomic E-state index is 12.8. The van der Waals surface area contributed by atoms with Crippen LogP contribution in [0, 0.1) is 17.8 Å². The second-order valence-electron chi connectivity index (χ2n) is 9.49. The minimum Gasteiger partial charge on any atom is -0.378 e. The number of nitrogens with one attached hydrogen (secondary N) is 2. The molecule has 6 rings (SSSR count). The van der Waals surface area contributed by atoms with Crippen molar-refractivity contribution >= 4 is 23.1 Å². The van der Waals surface area contributed by atoms with E-state index in [4.69, 9.17) is 0 Å². The molecule has 1 aromatic heterocycles. The first kappa shape index (κ1) is 18.4. The molecule has 2 aromatic rings. The van der Waals surface area contributed by atoms with Crippen molar-refractivity contribution in [2.45, 2.75) is 44.1 Å². The van der Waals surface area contributed by atoms with E-state index in [1.807, 2.05) is 43.3 Å². The highest BCUT2D eigenvalue weighted by molar-refractivity contribution is 6.04. The predicted octanol–water partition coefficient (Wildman–Crippen LogP) is 4.18. The van der Waals surface area contributed by atoms with Crippen molar-refractivity contribution in [3.05, 3.63) is 42.1 Å². The van der Waals surface area contributed by atoms with Crippen LogP contribution in [-0.2, 0) is 0 Å². The molecule has 0 spiro atoms. The second kappa shape index (κ2) is 7.01. The average molecular weight is 392 g/mol. The van der Waals surface area contributed by atoms with Crippen molar-refractivity contribution in [3.8, 4) is 0 Å². The van der Waals surface area contributed by atoms with Gasteiger partial charge in [-0.3, -0.25) is 4.79 Å². The Kier molecular flexibility index (Phi) is 4.45. The molecule has 29 heavy (non-hydrogen) atoms. The molecule has 1 amide bonds. The van der Waals surface area contributed by atoms with E-state index in [9.17, 15) is 4.79 Å². The van der Waals surface area contributed by atoms with Gasteiger partial charge in [-0.2, -0.15) is 0 Å². The van der Waals surface area contributed by atoms with Gasteiger partial charge in [-0.05, 0) is 80.5 Å². The van der Waals surface area contributed by atoms with Crippen LogP contribution < -0.4 is 15.5 Å². The zero-order valence-corrected chi connectivity index (χ0v) is 17.2. The Balaban J connectivity index is 1.34. The minimum absolute atomic E-state index is 0.197. The van der Waals surface area contributed by atoms with Crippen LogP contribution in [0.15, 0.2) is 36.4 Å². The zero-order valence-electron chi connectivity index (χ0n) is 17.2. The summed E-state index contributed by atoms with van der Waals surface area (Å²) in [4.78, 5) is 14.6. The molecule has 152 valence electrons. The lowest BCUT2D eigenvalue weighted by Crippen LogP contribution is -2.54. The molecular weight excluding hydrogens is 362 g/mol. The number of para-hydroxylation sites is 2. The van der Waals surface area contributed by atoms with E-state index >= 15 is 0 Å². The van der Waals surface area contributed by atoms with E-state index < -0.39 is 0 Å². The highest BCUT2D eigenvalue weighted by Crippen LogP contribution is 2.56. The van der Waals surface area contributed by atoms with Crippen molar-refractivity contribution in [1.82, 2.24) is 10.2 Å². The Hall–Kier alpha value is -2.63. The summed E-state index contributed by atoms with van der Waals surface area (Å²) in [5.41, 5.74) is 2.34. The van der Waals surface area contributed by atoms with Crippen LogP contribution in [0.3, 0.4) is 0 Å². The number of rotatable bonds is 5. The molecule has 0 radical (unpaired) electrons. The van der Waals surface area contributed by atoms with Crippen LogP contribution in [0.25, 0.3) is 0 Å². The summed E-state index contributed by atoms with van der Waals surface area (Å²) in [5, 5.41) is 15.1. The summed E-state index contributed by atoms with van der Waals surface area (Å²) in [6.45, 7) is 0. The molecule has 4 aliphatic rings. The summed E-state index contributed by atoms with van der Waals surface area (Å²) in [7, 11) is 3.80. The van der Waals surface area contributed by atoms with Gasteiger partial charge in [0.1, 0.15) is 0 Å². The number of hydrogen-bond acceptors (Lipinski definition) is 5. The Labute approximate surface area is 172 Å². The van der Waals surface area contributed by atoms with Crippen molar-refractivity contribution in [2.75, 3.05) is 29.6 Å². The molecule has 0 saturated heterocycles. The first-order valence-electron chi connectivity index (χ1n) is 10.7. The fourth-order valence-corrected chi connectivity index (χ4v) is 6.12. The summed E-state index contributed by atoms with van der Waals surface area (Å²) in [5.74, 6) is 3.12. The van der Waals surface area contributed by atoms with E-state index in [-0.39, 0.29) is 11.4 Å². The number of nitrogens with zero attached hydrogens (tertiary/aromatic N) is 3. The number of carbonyl (C=O) groups excluding carboxylic acids is 1. The Morgan fingerprint density at radius 1 is 0.931 bits per heavy atom. The predicted molar refractivity (Wildman–Crippen MR) is 115 cm³/mol. The zero-order chi connectivity index (χ0) is 20.0. The van der Waals surface area contributed by atoms with E-state index in [2.05, 4.69) is 26.9 Å². The third-order valence-electron chi connectivity index (χ3n) is 6.95. The smallest absolute Gasteiger partial charge is 0.276 e. The topological polar surface area (TPSA) is 70.2 Å². The number of carbonyl (C=O) groups is 1. The molecule has 6 nitrogen and oxygen atoms in total. The summed E-state index contributed by atoms with van der Waals surface area (Å²) in [6.07, 6.45) is 8.04. The maximum absolute atomic E-state index is 12.8. The minimum atomic E-state index is -0.234.